The van der Waals surface area contributed by atoms with Gasteiger partial charge in [0.2, 0.25) is 0 Å². The molecule has 1 atom stereocenters. The SMILES string of the molecule is CCCCCCCC(C)(CCCCC)n1nc(Cl)c(Br)c1Br. The van der Waals surface area contributed by atoms with E-state index in [-0.39, 0.29) is 5.54 Å². The maximum Gasteiger partial charge on any atom is 0.166 e. The number of halogens is 3. The molecule has 1 unspecified atom stereocenters. The summed E-state index contributed by atoms with van der Waals surface area (Å²) in [6.45, 7) is 6.83. The standard InChI is InChI=1S/C17H29Br2ClN2/c1-4-6-8-9-11-13-17(3,12-10-7-5-2)22-15(19)14(18)16(20)21-22/h4-13H2,1-3H3. The number of hydrogen-bond acceptors (Lipinski definition) is 1. The zero-order chi connectivity index (χ0) is 16.6. The molecule has 0 aromatic carbocycles. The van der Waals surface area contributed by atoms with Gasteiger partial charge >= 0.3 is 0 Å². The number of rotatable bonds is 11. The molecule has 1 rings (SSSR count). The Morgan fingerprint density at radius 1 is 0.955 bits per heavy atom. The number of hydrogen-bond donors (Lipinski definition) is 0. The van der Waals surface area contributed by atoms with Crippen molar-refractivity contribution in [1.82, 2.24) is 9.78 Å². The van der Waals surface area contributed by atoms with Crippen LogP contribution in [0.2, 0.25) is 5.15 Å². The van der Waals surface area contributed by atoms with Crippen LogP contribution in [0.5, 0.6) is 0 Å². The lowest BCUT2D eigenvalue weighted by Crippen LogP contribution is -2.31. The molecule has 1 aromatic heterocycles. The number of unbranched alkanes of at least 4 members (excludes halogenated alkanes) is 6. The van der Waals surface area contributed by atoms with Crippen LogP contribution in [-0.2, 0) is 5.54 Å². The number of nitrogens with zero attached hydrogens (tertiary/aromatic N) is 2. The molecule has 5 heteroatoms. The molecule has 128 valence electrons. The summed E-state index contributed by atoms with van der Waals surface area (Å²) >= 11 is 13.4. The van der Waals surface area contributed by atoms with E-state index in [1.807, 2.05) is 0 Å². The van der Waals surface area contributed by atoms with Crippen molar-refractivity contribution in [3.63, 3.8) is 0 Å². The van der Waals surface area contributed by atoms with Crippen LogP contribution in [0.1, 0.15) is 85.0 Å². The number of aromatic nitrogens is 2. The van der Waals surface area contributed by atoms with Crippen molar-refractivity contribution < 1.29 is 0 Å². The molecule has 0 spiro atoms. The molecule has 0 fully saturated rings. The molecule has 0 N–H and O–H groups in total. The molecule has 0 amide bonds. The monoisotopic (exact) mass is 454 g/mol. The molecule has 2 nitrogen and oxygen atoms in total. The van der Waals surface area contributed by atoms with Crippen molar-refractivity contribution in [2.75, 3.05) is 0 Å². The van der Waals surface area contributed by atoms with Gasteiger partial charge in [0, 0.05) is 0 Å². The van der Waals surface area contributed by atoms with Crippen molar-refractivity contribution in [3.05, 3.63) is 14.2 Å². The Labute approximate surface area is 157 Å². The molecule has 0 aliphatic rings. The van der Waals surface area contributed by atoms with E-state index in [2.05, 4.69) is 62.4 Å². The molecule has 0 bridgehead atoms. The third-order valence-corrected chi connectivity index (χ3v) is 6.89. The van der Waals surface area contributed by atoms with Crippen molar-refractivity contribution in [2.45, 2.75) is 90.5 Å². The van der Waals surface area contributed by atoms with Gasteiger partial charge in [-0.2, -0.15) is 5.10 Å². The highest BCUT2D eigenvalue weighted by Gasteiger charge is 2.30. The zero-order valence-corrected chi connectivity index (χ0v) is 18.0. The molecular weight excluding hydrogens is 427 g/mol. The largest absolute Gasteiger partial charge is 0.250 e. The average Bonchev–Trinajstić information content (AvgIpc) is 2.75. The molecular formula is C17H29Br2ClN2. The van der Waals surface area contributed by atoms with Crippen LogP contribution in [0.4, 0.5) is 0 Å². The normalized spacial score (nSPS) is 14.3. The summed E-state index contributed by atoms with van der Waals surface area (Å²) in [7, 11) is 0. The summed E-state index contributed by atoms with van der Waals surface area (Å²) in [5.41, 5.74) is 0.0376. The Morgan fingerprint density at radius 3 is 1.95 bits per heavy atom. The van der Waals surface area contributed by atoms with Crippen LogP contribution in [-0.4, -0.2) is 9.78 Å². The summed E-state index contributed by atoms with van der Waals surface area (Å²) in [6, 6.07) is 0. The maximum absolute atomic E-state index is 6.20. The minimum absolute atomic E-state index is 0.0376. The molecule has 1 heterocycles. The van der Waals surface area contributed by atoms with E-state index in [4.69, 9.17) is 11.6 Å². The Balaban J connectivity index is 2.78. The first-order valence-electron chi connectivity index (χ1n) is 8.56. The summed E-state index contributed by atoms with van der Waals surface area (Å²) < 4.78 is 3.92. The Hall–Kier alpha value is 0.460. The maximum atomic E-state index is 6.20. The van der Waals surface area contributed by atoms with Gasteiger partial charge in [0.15, 0.2) is 5.15 Å². The van der Waals surface area contributed by atoms with Gasteiger partial charge in [-0.25, -0.2) is 4.68 Å². The van der Waals surface area contributed by atoms with Crippen LogP contribution in [0.25, 0.3) is 0 Å². The van der Waals surface area contributed by atoms with Crippen LogP contribution >= 0.6 is 43.5 Å². The fourth-order valence-electron chi connectivity index (χ4n) is 2.91. The summed E-state index contributed by atoms with van der Waals surface area (Å²) in [4.78, 5) is 0. The first kappa shape index (κ1) is 20.5. The predicted octanol–water partition coefficient (Wildman–Crippen LogP) is 7.72. The van der Waals surface area contributed by atoms with Gasteiger partial charge in [-0.05, 0) is 51.6 Å². The highest BCUT2D eigenvalue weighted by atomic mass is 79.9. The van der Waals surface area contributed by atoms with Crippen molar-refractivity contribution in [1.29, 1.82) is 0 Å². The van der Waals surface area contributed by atoms with Gasteiger partial charge in [0.05, 0.1) is 10.0 Å². The smallest absolute Gasteiger partial charge is 0.166 e. The van der Waals surface area contributed by atoms with Gasteiger partial charge in [-0.1, -0.05) is 76.8 Å². The van der Waals surface area contributed by atoms with Crippen molar-refractivity contribution in [2.24, 2.45) is 0 Å². The Morgan fingerprint density at radius 2 is 1.45 bits per heavy atom. The van der Waals surface area contributed by atoms with E-state index in [1.54, 1.807) is 0 Å². The third kappa shape index (κ3) is 5.83. The quantitative estimate of drug-likeness (QED) is 0.312. The average molecular weight is 457 g/mol. The van der Waals surface area contributed by atoms with E-state index >= 15 is 0 Å². The zero-order valence-electron chi connectivity index (χ0n) is 14.1. The lowest BCUT2D eigenvalue weighted by Gasteiger charge is -2.31. The van der Waals surface area contributed by atoms with E-state index in [0.717, 1.165) is 21.9 Å². The second-order valence-corrected chi connectivity index (χ2v) is 8.33. The first-order valence-corrected chi connectivity index (χ1v) is 10.5. The first-order chi connectivity index (χ1) is 10.5. The molecule has 0 saturated carbocycles. The van der Waals surface area contributed by atoms with Gasteiger partial charge in [-0.15, -0.1) is 0 Å². The predicted molar refractivity (Wildman–Crippen MR) is 104 cm³/mol. The fourth-order valence-corrected chi connectivity index (χ4v) is 4.14. The van der Waals surface area contributed by atoms with Crippen molar-refractivity contribution >= 4 is 43.5 Å². The van der Waals surface area contributed by atoms with Gasteiger partial charge in [0.25, 0.3) is 0 Å². The van der Waals surface area contributed by atoms with Crippen LogP contribution in [0, 0.1) is 0 Å². The van der Waals surface area contributed by atoms with Crippen LogP contribution < -0.4 is 0 Å². The second-order valence-electron chi connectivity index (χ2n) is 6.43. The van der Waals surface area contributed by atoms with Crippen molar-refractivity contribution in [3.8, 4) is 0 Å². The van der Waals surface area contributed by atoms with Gasteiger partial charge in [0.1, 0.15) is 4.60 Å². The van der Waals surface area contributed by atoms with E-state index < -0.39 is 0 Å². The summed E-state index contributed by atoms with van der Waals surface area (Å²) in [6.07, 6.45) is 12.6. The second kappa shape index (κ2) is 10.4. The third-order valence-electron chi connectivity index (χ3n) is 4.39. The highest BCUT2D eigenvalue weighted by molar-refractivity contribution is 9.13. The topological polar surface area (TPSA) is 17.8 Å². The van der Waals surface area contributed by atoms with Gasteiger partial charge < -0.3 is 0 Å². The van der Waals surface area contributed by atoms with Crippen LogP contribution in [0.15, 0.2) is 9.08 Å². The van der Waals surface area contributed by atoms with E-state index in [0.29, 0.717) is 5.15 Å². The lowest BCUT2D eigenvalue weighted by atomic mass is 9.88. The van der Waals surface area contributed by atoms with E-state index in [1.165, 1.54) is 51.4 Å². The van der Waals surface area contributed by atoms with E-state index in [9.17, 15) is 0 Å². The molecule has 0 aliphatic carbocycles. The molecule has 22 heavy (non-hydrogen) atoms. The minimum Gasteiger partial charge on any atom is -0.250 e. The van der Waals surface area contributed by atoms with Crippen LogP contribution in [0.3, 0.4) is 0 Å². The molecule has 1 aromatic rings. The summed E-state index contributed by atoms with van der Waals surface area (Å²) in [5.74, 6) is 0. The Bertz CT molecular complexity index is 448. The minimum atomic E-state index is 0.0376. The lowest BCUT2D eigenvalue weighted by molar-refractivity contribution is 0.223. The fraction of sp³-hybridized carbons (Fsp3) is 0.824. The highest BCUT2D eigenvalue weighted by Crippen LogP contribution is 2.38. The molecule has 0 radical (unpaired) electrons. The van der Waals surface area contributed by atoms with Gasteiger partial charge in [-0.3, -0.25) is 0 Å². The summed E-state index contributed by atoms with van der Waals surface area (Å²) in [5, 5.41) is 5.11. The Kier molecular flexibility index (Phi) is 9.65. The molecule has 0 aliphatic heterocycles. The molecule has 0 saturated heterocycles.